The van der Waals surface area contributed by atoms with Crippen molar-refractivity contribution in [3.8, 4) is 0 Å². The van der Waals surface area contributed by atoms with E-state index in [1.54, 1.807) is 0 Å². The molecule has 0 aromatic heterocycles. The van der Waals surface area contributed by atoms with E-state index in [9.17, 15) is 43.2 Å². The number of ether oxygens (including phenoxy) is 4. The van der Waals surface area contributed by atoms with E-state index in [1.165, 1.54) is 148 Å². The lowest BCUT2D eigenvalue weighted by Crippen LogP contribution is -2.30. The van der Waals surface area contributed by atoms with Gasteiger partial charge < -0.3 is 33.8 Å². The molecule has 0 saturated heterocycles. The molecular formula is C71H134O17P2. The number of unbranched alkanes of at least 4 members (excludes halogenated alkanes) is 41. The summed E-state index contributed by atoms with van der Waals surface area (Å²) in [6.45, 7) is 4.85. The molecule has 530 valence electrons. The van der Waals surface area contributed by atoms with E-state index in [0.29, 0.717) is 25.7 Å². The third kappa shape index (κ3) is 64.3. The quantitative estimate of drug-likeness (QED) is 0.0169. The molecular weight excluding hydrogens is 1190 g/mol. The van der Waals surface area contributed by atoms with Gasteiger partial charge in [-0.2, -0.15) is 0 Å². The van der Waals surface area contributed by atoms with Crippen LogP contribution < -0.4 is 0 Å². The summed E-state index contributed by atoms with van der Waals surface area (Å²) in [5.41, 5.74) is 0. The Hall–Kier alpha value is -2.46. The highest BCUT2D eigenvalue weighted by molar-refractivity contribution is 7.47. The fourth-order valence-electron chi connectivity index (χ4n) is 10.3. The van der Waals surface area contributed by atoms with Gasteiger partial charge in [-0.25, -0.2) is 9.13 Å². The van der Waals surface area contributed by atoms with Crippen LogP contribution in [0.4, 0.5) is 0 Å². The molecule has 0 fully saturated rings. The number of phosphoric acid groups is 2. The second-order valence-electron chi connectivity index (χ2n) is 24.9. The lowest BCUT2D eigenvalue weighted by molar-refractivity contribution is -0.161. The van der Waals surface area contributed by atoms with Gasteiger partial charge in [-0.15, -0.1) is 0 Å². The van der Waals surface area contributed by atoms with Crippen LogP contribution in [-0.4, -0.2) is 96.7 Å². The highest BCUT2D eigenvalue weighted by atomic mass is 31.2. The van der Waals surface area contributed by atoms with Gasteiger partial charge in [0, 0.05) is 25.7 Å². The molecule has 19 heteroatoms. The van der Waals surface area contributed by atoms with Crippen LogP contribution in [0.3, 0.4) is 0 Å². The Labute approximate surface area is 548 Å². The lowest BCUT2D eigenvalue weighted by atomic mass is 10.0. The normalized spacial score (nSPS) is 14.2. The number of allylic oxidation sites excluding steroid dienone is 4. The Morgan fingerprint density at radius 3 is 0.811 bits per heavy atom. The number of carbonyl (C=O) groups excluding carboxylic acids is 4. The number of aliphatic hydroxyl groups is 1. The van der Waals surface area contributed by atoms with Crippen molar-refractivity contribution in [2.75, 3.05) is 39.6 Å². The molecule has 0 aliphatic heterocycles. The summed E-state index contributed by atoms with van der Waals surface area (Å²) < 4.78 is 68.2. The maximum Gasteiger partial charge on any atom is 0.472 e. The molecule has 0 aromatic rings. The van der Waals surface area contributed by atoms with E-state index in [0.717, 1.165) is 122 Å². The summed E-state index contributed by atoms with van der Waals surface area (Å²) in [6, 6.07) is 0. The van der Waals surface area contributed by atoms with Crippen LogP contribution in [0.15, 0.2) is 24.3 Å². The third-order valence-corrected chi connectivity index (χ3v) is 17.9. The lowest BCUT2D eigenvalue weighted by Gasteiger charge is -2.21. The zero-order valence-electron chi connectivity index (χ0n) is 57.6. The molecule has 0 spiro atoms. The molecule has 0 aliphatic carbocycles. The fourth-order valence-corrected chi connectivity index (χ4v) is 11.9. The average Bonchev–Trinajstić information content (AvgIpc) is 3.62. The number of aliphatic hydroxyl groups excluding tert-OH is 1. The number of esters is 4. The van der Waals surface area contributed by atoms with E-state index >= 15 is 0 Å². The van der Waals surface area contributed by atoms with Crippen LogP contribution in [0.25, 0.3) is 0 Å². The third-order valence-electron chi connectivity index (χ3n) is 16.0. The summed E-state index contributed by atoms with van der Waals surface area (Å²) in [5.74, 6) is -2.15. The smallest absolute Gasteiger partial charge is 0.462 e. The summed E-state index contributed by atoms with van der Waals surface area (Å²) in [4.78, 5) is 72.4. The van der Waals surface area contributed by atoms with Crippen molar-refractivity contribution >= 4 is 39.5 Å². The molecule has 17 nitrogen and oxygen atoms in total. The predicted octanol–water partition coefficient (Wildman–Crippen LogP) is 20.2. The van der Waals surface area contributed by atoms with Crippen molar-refractivity contribution in [1.82, 2.24) is 0 Å². The van der Waals surface area contributed by atoms with Gasteiger partial charge in [0.2, 0.25) is 0 Å². The first-order valence-electron chi connectivity index (χ1n) is 36.6. The van der Waals surface area contributed by atoms with Crippen LogP contribution in [-0.2, 0) is 65.4 Å². The maximum absolute atomic E-state index is 13.0. The Balaban J connectivity index is 5.24. The molecule has 5 atom stereocenters. The van der Waals surface area contributed by atoms with Crippen molar-refractivity contribution in [2.24, 2.45) is 0 Å². The second-order valence-corrected chi connectivity index (χ2v) is 27.8. The number of carbonyl (C=O) groups is 4. The first-order chi connectivity index (χ1) is 43.7. The summed E-state index contributed by atoms with van der Waals surface area (Å²) in [5, 5.41) is 10.6. The van der Waals surface area contributed by atoms with Gasteiger partial charge in [-0.05, 0) is 51.4 Å². The number of phosphoric ester groups is 2. The zero-order chi connectivity index (χ0) is 66.1. The topological polar surface area (TPSA) is 237 Å². The van der Waals surface area contributed by atoms with Gasteiger partial charge in [0.15, 0.2) is 12.2 Å². The summed E-state index contributed by atoms with van der Waals surface area (Å²) in [6.07, 6.45) is 56.3. The number of hydrogen-bond donors (Lipinski definition) is 3. The molecule has 2 unspecified atom stereocenters. The molecule has 0 saturated carbocycles. The molecule has 90 heavy (non-hydrogen) atoms. The second kappa shape index (κ2) is 65.2. The fraction of sp³-hybridized carbons (Fsp3) is 0.887. The number of hydrogen-bond acceptors (Lipinski definition) is 15. The van der Waals surface area contributed by atoms with E-state index < -0.39 is 97.5 Å². The summed E-state index contributed by atoms with van der Waals surface area (Å²) >= 11 is 0. The van der Waals surface area contributed by atoms with Crippen molar-refractivity contribution in [3.05, 3.63) is 24.3 Å². The van der Waals surface area contributed by atoms with E-state index in [2.05, 4.69) is 52.0 Å². The van der Waals surface area contributed by atoms with Gasteiger partial charge in [0.25, 0.3) is 0 Å². The molecule has 0 amide bonds. The van der Waals surface area contributed by atoms with Crippen LogP contribution in [0, 0.1) is 0 Å². The SMILES string of the molecule is CCCCCC/C=C\C=C/CCCCCCCC(=O)OC[C@H](COP(=O)(O)OC[C@@H](O)COP(=O)(O)OC[C@@H](COC(=O)CCCCCCCCC)OC(=O)CCCCCCCCCCCCCC)OC(=O)CCCCCCCCCCCCCCCCCC. The van der Waals surface area contributed by atoms with E-state index in [1.807, 2.05) is 0 Å². The largest absolute Gasteiger partial charge is 0.472 e. The zero-order valence-corrected chi connectivity index (χ0v) is 59.4. The molecule has 0 heterocycles. The van der Waals surface area contributed by atoms with Gasteiger partial charge in [-0.1, -0.05) is 296 Å². The Morgan fingerprint density at radius 2 is 0.533 bits per heavy atom. The van der Waals surface area contributed by atoms with Crippen molar-refractivity contribution < 1.29 is 80.2 Å². The van der Waals surface area contributed by atoms with Crippen LogP contribution >= 0.6 is 15.6 Å². The van der Waals surface area contributed by atoms with Gasteiger partial charge in [-0.3, -0.25) is 37.3 Å². The summed E-state index contributed by atoms with van der Waals surface area (Å²) in [7, 11) is -9.91. The van der Waals surface area contributed by atoms with E-state index in [4.69, 9.17) is 37.0 Å². The molecule has 0 aromatic carbocycles. The highest BCUT2D eigenvalue weighted by Crippen LogP contribution is 2.45. The number of rotatable bonds is 70. The van der Waals surface area contributed by atoms with Crippen molar-refractivity contribution in [2.45, 2.75) is 367 Å². The minimum Gasteiger partial charge on any atom is -0.462 e. The Kier molecular flexibility index (Phi) is 63.4. The van der Waals surface area contributed by atoms with Crippen LogP contribution in [0.2, 0.25) is 0 Å². The monoisotopic (exact) mass is 1320 g/mol. The minimum atomic E-state index is -4.96. The first kappa shape index (κ1) is 87.5. The molecule has 0 radical (unpaired) electrons. The molecule has 0 aliphatic rings. The molecule has 3 N–H and O–H groups in total. The highest BCUT2D eigenvalue weighted by Gasteiger charge is 2.30. The average molecular weight is 1320 g/mol. The van der Waals surface area contributed by atoms with Crippen LogP contribution in [0.1, 0.15) is 349 Å². The van der Waals surface area contributed by atoms with Gasteiger partial charge in [0.1, 0.15) is 19.3 Å². The Morgan fingerprint density at radius 1 is 0.311 bits per heavy atom. The first-order valence-corrected chi connectivity index (χ1v) is 39.6. The molecule has 0 rings (SSSR count). The van der Waals surface area contributed by atoms with Crippen LogP contribution in [0.5, 0.6) is 0 Å². The maximum atomic E-state index is 13.0. The van der Waals surface area contributed by atoms with E-state index in [-0.39, 0.29) is 25.7 Å². The standard InChI is InChI=1S/C71H134O17P2/c1-5-9-13-17-21-24-27-30-32-34-36-39-42-46-50-54-58-71(76)88-67(62-82-69(74)56-52-48-44-40-38-35-33-31-28-25-22-18-14-10-6-2)64-86-90(79,80)84-60-65(72)59-83-89(77,78)85-63-66(61-81-68(73)55-51-47-43-20-16-12-8-4)87-70(75)57-53-49-45-41-37-29-26-23-19-15-11-7-3/h25,28,31,33,65-67,72H,5-24,26-27,29-30,32,34-64H2,1-4H3,(H,77,78)(H,79,80)/b28-25-,33-31-/t65-,66+,67+/m0/s1. The predicted molar refractivity (Wildman–Crippen MR) is 363 cm³/mol. The minimum absolute atomic E-state index is 0.102. The molecule has 0 bridgehead atoms. The van der Waals surface area contributed by atoms with Crippen molar-refractivity contribution in [1.29, 1.82) is 0 Å². The van der Waals surface area contributed by atoms with Gasteiger partial charge in [0.05, 0.1) is 26.4 Å². The Bertz CT molecular complexity index is 1820. The van der Waals surface area contributed by atoms with Crippen molar-refractivity contribution in [3.63, 3.8) is 0 Å². The van der Waals surface area contributed by atoms with Gasteiger partial charge >= 0.3 is 39.5 Å².